The molecule has 27 heavy (non-hydrogen) atoms. The normalized spacial score (nSPS) is 11.4. The SMILES string of the molecule is NS(=O)(=O)c1ccc(-c2oc(CCCC(=O)O)nc2-c2ccccc2)cc1. The lowest BCUT2D eigenvalue weighted by Gasteiger charge is -2.03. The monoisotopic (exact) mass is 386 g/mol. The van der Waals surface area contributed by atoms with Gasteiger partial charge in [0.05, 0.1) is 4.90 Å². The zero-order chi connectivity index (χ0) is 19.4. The van der Waals surface area contributed by atoms with Gasteiger partial charge in [0, 0.05) is 24.0 Å². The molecule has 2 aromatic carbocycles. The number of aryl methyl sites for hydroxylation is 1. The van der Waals surface area contributed by atoms with Crippen molar-refractivity contribution in [2.75, 3.05) is 0 Å². The maximum absolute atomic E-state index is 11.4. The summed E-state index contributed by atoms with van der Waals surface area (Å²) in [5, 5.41) is 13.9. The lowest BCUT2D eigenvalue weighted by Crippen LogP contribution is -2.11. The fourth-order valence-electron chi connectivity index (χ4n) is 2.65. The maximum Gasteiger partial charge on any atom is 0.303 e. The Morgan fingerprint density at radius 2 is 1.70 bits per heavy atom. The molecule has 0 unspecified atom stereocenters. The van der Waals surface area contributed by atoms with Crippen LogP contribution in [0.2, 0.25) is 0 Å². The minimum atomic E-state index is -3.78. The summed E-state index contributed by atoms with van der Waals surface area (Å²) in [6.07, 6.45) is 0.830. The van der Waals surface area contributed by atoms with Crippen LogP contribution in [0.5, 0.6) is 0 Å². The van der Waals surface area contributed by atoms with Crippen molar-refractivity contribution in [1.82, 2.24) is 4.98 Å². The van der Waals surface area contributed by atoms with Gasteiger partial charge < -0.3 is 9.52 Å². The third kappa shape index (κ3) is 4.60. The molecule has 0 aliphatic rings. The molecule has 7 nitrogen and oxygen atoms in total. The first-order valence-corrected chi connectivity index (χ1v) is 9.79. The third-order valence-electron chi connectivity index (χ3n) is 3.95. The zero-order valence-corrected chi connectivity index (χ0v) is 15.1. The van der Waals surface area contributed by atoms with Crippen LogP contribution in [0.3, 0.4) is 0 Å². The molecule has 0 saturated carbocycles. The Hall–Kier alpha value is -2.97. The molecule has 0 atom stereocenters. The number of primary sulfonamides is 1. The average molecular weight is 386 g/mol. The van der Waals surface area contributed by atoms with Crippen LogP contribution in [0.15, 0.2) is 63.9 Å². The molecule has 3 rings (SSSR count). The minimum Gasteiger partial charge on any atom is -0.481 e. The van der Waals surface area contributed by atoms with Crippen LogP contribution in [0.25, 0.3) is 22.6 Å². The van der Waals surface area contributed by atoms with Crippen LogP contribution in [-0.2, 0) is 21.2 Å². The summed E-state index contributed by atoms with van der Waals surface area (Å²) in [5.74, 6) is 0.0526. The molecular weight excluding hydrogens is 368 g/mol. The number of aromatic nitrogens is 1. The molecule has 3 aromatic rings. The van der Waals surface area contributed by atoms with Crippen LogP contribution in [0, 0.1) is 0 Å². The van der Waals surface area contributed by atoms with E-state index < -0.39 is 16.0 Å². The maximum atomic E-state index is 11.4. The van der Waals surface area contributed by atoms with Crippen LogP contribution < -0.4 is 5.14 Å². The van der Waals surface area contributed by atoms with Crippen molar-refractivity contribution in [2.24, 2.45) is 5.14 Å². The second kappa shape index (κ2) is 7.73. The molecule has 0 fully saturated rings. The van der Waals surface area contributed by atoms with Gasteiger partial charge in [0.2, 0.25) is 10.0 Å². The number of carboxylic acid groups (broad SMARTS) is 1. The van der Waals surface area contributed by atoms with Gasteiger partial charge in [-0.2, -0.15) is 0 Å². The zero-order valence-electron chi connectivity index (χ0n) is 14.3. The molecule has 0 radical (unpaired) electrons. The first-order valence-electron chi connectivity index (χ1n) is 8.25. The standard InChI is InChI=1S/C19H18N2O5S/c20-27(24,25)15-11-9-14(10-12-15)19-18(13-5-2-1-3-6-13)21-16(26-19)7-4-8-17(22)23/h1-3,5-6,9-12H,4,7-8H2,(H,22,23)(H2,20,24,25). The van der Waals surface area contributed by atoms with E-state index in [0.717, 1.165) is 5.56 Å². The van der Waals surface area contributed by atoms with Crippen LogP contribution in [0.4, 0.5) is 0 Å². The van der Waals surface area contributed by atoms with Gasteiger partial charge in [-0.15, -0.1) is 0 Å². The third-order valence-corrected chi connectivity index (χ3v) is 4.87. The van der Waals surface area contributed by atoms with Crippen molar-refractivity contribution in [1.29, 1.82) is 0 Å². The number of rotatable bonds is 7. The predicted octanol–water partition coefficient (Wildman–Crippen LogP) is 3.06. The largest absolute Gasteiger partial charge is 0.481 e. The van der Waals surface area contributed by atoms with Crippen molar-refractivity contribution in [2.45, 2.75) is 24.2 Å². The van der Waals surface area contributed by atoms with E-state index in [1.807, 2.05) is 30.3 Å². The number of carboxylic acids is 1. The second-order valence-corrected chi connectivity index (χ2v) is 7.53. The number of benzene rings is 2. The lowest BCUT2D eigenvalue weighted by molar-refractivity contribution is -0.137. The van der Waals surface area contributed by atoms with Gasteiger partial charge in [-0.05, 0) is 30.7 Å². The molecule has 8 heteroatoms. The van der Waals surface area contributed by atoms with Gasteiger partial charge in [-0.3, -0.25) is 4.79 Å². The van der Waals surface area contributed by atoms with Gasteiger partial charge in [0.25, 0.3) is 0 Å². The highest BCUT2D eigenvalue weighted by atomic mass is 32.2. The highest BCUT2D eigenvalue weighted by Crippen LogP contribution is 2.33. The van der Waals surface area contributed by atoms with Gasteiger partial charge in [0.15, 0.2) is 11.7 Å². The summed E-state index contributed by atoms with van der Waals surface area (Å²) in [5.41, 5.74) is 2.11. The number of carbonyl (C=O) groups is 1. The van der Waals surface area contributed by atoms with E-state index in [4.69, 9.17) is 14.7 Å². The van der Waals surface area contributed by atoms with E-state index in [0.29, 0.717) is 35.7 Å². The summed E-state index contributed by atoms with van der Waals surface area (Å²) in [6, 6.07) is 15.4. The first-order chi connectivity index (χ1) is 12.8. The highest BCUT2D eigenvalue weighted by Gasteiger charge is 2.18. The number of hydrogen-bond acceptors (Lipinski definition) is 5. The molecule has 3 N–H and O–H groups in total. The van der Waals surface area contributed by atoms with E-state index in [2.05, 4.69) is 4.98 Å². The Bertz CT molecular complexity index is 1040. The topological polar surface area (TPSA) is 123 Å². The van der Waals surface area contributed by atoms with Gasteiger partial charge in [0.1, 0.15) is 5.69 Å². The Kier molecular flexibility index (Phi) is 5.38. The summed E-state index contributed by atoms with van der Waals surface area (Å²) < 4.78 is 28.8. The van der Waals surface area contributed by atoms with Gasteiger partial charge >= 0.3 is 5.97 Å². The van der Waals surface area contributed by atoms with E-state index in [1.165, 1.54) is 12.1 Å². The highest BCUT2D eigenvalue weighted by molar-refractivity contribution is 7.89. The predicted molar refractivity (Wildman–Crippen MR) is 99.3 cm³/mol. The molecule has 0 aliphatic heterocycles. The molecule has 0 amide bonds. The number of sulfonamides is 1. The fourth-order valence-corrected chi connectivity index (χ4v) is 3.16. The quantitative estimate of drug-likeness (QED) is 0.643. The number of nitrogens with zero attached hydrogens (tertiary/aromatic N) is 1. The molecular formula is C19H18N2O5S. The molecule has 140 valence electrons. The number of oxazole rings is 1. The van der Waals surface area contributed by atoms with Crippen LogP contribution in [-0.4, -0.2) is 24.5 Å². The van der Waals surface area contributed by atoms with Crippen molar-refractivity contribution in [3.63, 3.8) is 0 Å². The fraction of sp³-hybridized carbons (Fsp3) is 0.158. The molecule has 0 bridgehead atoms. The summed E-state index contributed by atoms with van der Waals surface area (Å²) in [6.45, 7) is 0. The molecule has 0 aliphatic carbocycles. The van der Waals surface area contributed by atoms with E-state index in [9.17, 15) is 13.2 Å². The smallest absolute Gasteiger partial charge is 0.303 e. The van der Waals surface area contributed by atoms with Crippen molar-refractivity contribution in [3.8, 4) is 22.6 Å². The van der Waals surface area contributed by atoms with Crippen molar-refractivity contribution < 1.29 is 22.7 Å². The molecule has 0 saturated heterocycles. The molecule has 1 heterocycles. The Labute approximate surface area is 156 Å². The summed E-state index contributed by atoms with van der Waals surface area (Å²) in [4.78, 5) is 15.2. The second-order valence-electron chi connectivity index (χ2n) is 5.97. The Balaban J connectivity index is 1.99. The summed E-state index contributed by atoms with van der Waals surface area (Å²) in [7, 11) is -3.78. The number of nitrogens with two attached hydrogens (primary N) is 1. The van der Waals surface area contributed by atoms with E-state index in [1.54, 1.807) is 12.1 Å². The van der Waals surface area contributed by atoms with E-state index in [-0.39, 0.29) is 11.3 Å². The Morgan fingerprint density at radius 3 is 2.30 bits per heavy atom. The van der Waals surface area contributed by atoms with Crippen LogP contribution in [0.1, 0.15) is 18.7 Å². The number of aliphatic carboxylic acids is 1. The lowest BCUT2D eigenvalue weighted by atomic mass is 10.1. The number of hydrogen-bond donors (Lipinski definition) is 2. The average Bonchev–Trinajstić information content (AvgIpc) is 3.06. The summed E-state index contributed by atoms with van der Waals surface area (Å²) >= 11 is 0. The van der Waals surface area contributed by atoms with E-state index >= 15 is 0 Å². The van der Waals surface area contributed by atoms with Gasteiger partial charge in [-0.25, -0.2) is 18.5 Å². The van der Waals surface area contributed by atoms with Crippen molar-refractivity contribution >= 4 is 16.0 Å². The van der Waals surface area contributed by atoms with Crippen LogP contribution >= 0.6 is 0 Å². The first kappa shape index (κ1) is 18.8. The molecule has 0 spiro atoms. The van der Waals surface area contributed by atoms with Gasteiger partial charge in [-0.1, -0.05) is 30.3 Å². The molecule has 1 aromatic heterocycles. The van der Waals surface area contributed by atoms with Crippen molar-refractivity contribution in [3.05, 3.63) is 60.5 Å². The Morgan fingerprint density at radius 1 is 1.04 bits per heavy atom. The minimum absolute atomic E-state index is 0.00806.